The van der Waals surface area contributed by atoms with Crippen molar-refractivity contribution >= 4 is 23.2 Å². The summed E-state index contributed by atoms with van der Waals surface area (Å²) in [6.45, 7) is 3.91. The van der Waals surface area contributed by atoms with Gasteiger partial charge in [0.15, 0.2) is 5.82 Å². The third-order valence-corrected chi connectivity index (χ3v) is 2.96. The Morgan fingerprint density at radius 3 is 2.79 bits per heavy atom. The Balaban J connectivity index is 2.34. The summed E-state index contributed by atoms with van der Waals surface area (Å²) in [5.74, 6) is 0.384. The number of amides is 1. The van der Waals surface area contributed by atoms with Crippen LogP contribution in [0.4, 0.5) is 5.69 Å². The first kappa shape index (κ1) is 13.5. The zero-order chi connectivity index (χ0) is 13.8. The highest BCUT2D eigenvalue weighted by molar-refractivity contribution is 6.32. The predicted octanol–water partition coefficient (Wildman–Crippen LogP) is 2.27. The molecule has 1 aromatic heterocycles. The minimum Gasteiger partial charge on any atom is -0.303 e. The summed E-state index contributed by atoms with van der Waals surface area (Å²) in [6.07, 6.45) is 1.49. The first-order valence-electron chi connectivity index (χ1n) is 5.95. The van der Waals surface area contributed by atoms with Gasteiger partial charge < -0.3 is 4.90 Å². The normalized spacial score (nSPS) is 12.2. The first-order chi connectivity index (χ1) is 9.09. The number of H-pyrrole nitrogens is 1. The van der Waals surface area contributed by atoms with Crippen LogP contribution in [-0.2, 0) is 11.3 Å². The monoisotopic (exact) mass is 278 g/mol. The fourth-order valence-corrected chi connectivity index (χ4v) is 1.93. The predicted molar refractivity (Wildman–Crippen MR) is 74.1 cm³/mol. The SMILES string of the molecule is Cc1ccccc1N(Cc1nc[nH]n1)C(=O)C(C)Cl. The first-order valence-corrected chi connectivity index (χ1v) is 6.39. The second-order valence-electron chi connectivity index (χ2n) is 4.24. The Labute approximate surface area is 116 Å². The number of halogens is 1. The highest BCUT2D eigenvalue weighted by Crippen LogP contribution is 2.22. The van der Waals surface area contributed by atoms with Crippen LogP contribution in [0.5, 0.6) is 0 Å². The number of nitrogens with one attached hydrogen (secondary N) is 1. The minimum absolute atomic E-state index is 0.166. The Kier molecular flexibility index (Phi) is 4.16. The number of aryl methyl sites for hydroxylation is 1. The van der Waals surface area contributed by atoms with Crippen molar-refractivity contribution in [2.45, 2.75) is 25.8 Å². The maximum Gasteiger partial charge on any atom is 0.245 e. The van der Waals surface area contributed by atoms with E-state index in [1.807, 2.05) is 31.2 Å². The van der Waals surface area contributed by atoms with Crippen molar-refractivity contribution < 1.29 is 4.79 Å². The summed E-state index contributed by atoms with van der Waals surface area (Å²) < 4.78 is 0. The molecule has 1 aromatic carbocycles. The summed E-state index contributed by atoms with van der Waals surface area (Å²) in [5.41, 5.74) is 1.83. The molecule has 1 atom stereocenters. The van der Waals surface area contributed by atoms with Crippen molar-refractivity contribution in [3.8, 4) is 0 Å². The Morgan fingerprint density at radius 1 is 1.47 bits per heavy atom. The maximum atomic E-state index is 12.3. The Hall–Kier alpha value is -1.88. The summed E-state index contributed by atoms with van der Waals surface area (Å²) in [7, 11) is 0. The highest BCUT2D eigenvalue weighted by atomic mass is 35.5. The van der Waals surface area contributed by atoms with E-state index in [4.69, 9.17) is 11.6 Å². The van der Waals surface area contributed by atoms with Crippen LogP contribution in [0.2, 0.25) is 0 Å². The molecule has 0 aliphatic rings. The van der Waals surface area contributed by atoms with E-state index >= 15 is 0 Å². The van der Waals surface area contributed by atoms with E-state index in [2.05, 4.69) is 15.2 Å². The molecule has 6 heteroatoms. The smallest absolute Gasteiger partial charge is 0.245 e. The number of aromatic amines is 1. The molecule has 0 saturated heterocycles. The molecule has 1 heterocycles. The molecule has 0 aliphatic carbocycles. The molecule has 19 heavy (non-hydrogen) atoms. The van der Waals surface area contributed by atoms with Crippen molar-refractivity contribution in [3.63, 3.8) is 0 Å². The van der Waals surface area contributed by atoms with E-state index in [0.29, 0.717) is 12.4 Å². The van der Waals surface area contributed by atoms with Gasteiger partial charge in [0.2, 0.25) is 5.91 Å². The van der Waals surface area contributed by atoms with Gasteiger partial charge in [0.25, 0.3) is 0 Å². The van der Waals surface area contributed by atoms with Crippen molar-refractivity contribution in [2.24, 2.45) is 0 Å². The lowest BCUT2D eigenvalue weighted by Gasteiger charge is -2.24. The van der Waals surface area contributed by atoms with Gasteiger partial charge >= 0.3 is 0 Å². The average molecular weight is 279 g/mol. The molecule has 0 fully saturated rings. The molecule has 0 spiro atoms. The minimum atomic E-state index is -0.599. The maximum absolute atomic E-state index is 12.3. The number of alkyl halides is 1. The van der Waals surface area contributed by atoms with E-state index in [-0.39, 0.29) is 5.91 Å². The van der Waals surface area contributed by atoms with Crippen molar-refractivity contribution in [1.29, 1.82) is 0 Å². The molecule has 0 radical (unpaired) electrons. The third kappa shape index (κ3) is 3.12. The fourth-order valence-electron chi connectivity index (χ4n) is 1.82. The van der Waals surface area contributed by atoms with Gasteiger partial charge in [-0.25, -0.2) is 4.98 Å². The zero-order valence-corrected chi connectivity index (χ0v) is 11.6. The zero-order valence-electron chi connectivity index (χ0n) is 10.8. The van der Waals surface area contributed by atoms with E-state index in [1.165, 1.54) is 6.33 Å². The van der Waals surface area contributed by atoms with Crippen LogP contribution in [0, 0.1) is 6.92 Å². The fraction of sp³-hybridized carbons (Fsp3) is 0.308. The number of rotatable bonds is 4. The van der Waals surface area contributed by atoms with Gasteiger partial charge in [-0.1, -0.05) is 18.2 Å². The summed E-state index contributed by atoms with van der Waals surface area (Å²) in [5, 5.41) is 6.02. The number of nitrogens with zero attached hydrogens (tertiary/aromatic N) is 3. The Morgan fingerprint density at radius 2 is 2.21 bits per heavy atom. The van der Waals surface area contributed by atoms with Crippen LogP contribution in [0.15, 0.2) is 30.6 Å². The van der Waals surface area contributed by atoms with E-state index in [0.717, 1.165) is 11.3 Å². The molecule has 0 saturated carbocycles. The van der Waals surface area contributed by atoms with Gasteiger partial charge in [0, 0.05) is 5.69 Å². The number of hydrogen-bond acceptors (Lipinski definition) is 3. The highest BCUT2D eigenvalue weighted by Gasteiger charge is 2.22. The molecule has 100 valence electrons. The molecule has 1 unspecified atom stereocenters. The van der Waals surface area contributed by atoms with Gasteiger partial charge in [-0.05, 0) is 25.5 Å². The van der Waals surface area contributed by atoms with Crippen LogP contribution < -0.4 is 4.90 Å². The molecule has 0 aliphatic heterocycles. The number of anilines is 1. The van der Waals surface area contributed by atoms with E-state index in [1.54, 1.807) is 11.8 Å². The van der Waals surface area contributed by atoms with Crippen LogP contribution in [0.25, 0.3) is 0 Å². The number of para-hydroxylation sites is 1. The summed E-state index contributed by atoms with van der Waals surface area (Å²) in [4.78, 5) is 17.9. The van der Waals surface area contributed by atoms with Crippen molar-refractivity contribution in [3.05, 3.63) is 42.0 Å². The molecule has 1 amide bonds. The quantitative estimate of drug-likeness (QED) is 0.873. The number of carbonyl (C=O) groups is 1. The third-order valence-electron chi connectivity index (χ3n) is 2.78. The molecule has 5 nitrogen and oxygen atoms in total. The second kappa shape index (κ2) is 5.84. The van der Waals surface area contributed by atoms with Crippen LogP contribution in [0.1, 0.15) is 18.3 Å². The van der Waals surface area contributed by atoms with Crippen LogP contribution in [-0.4, -0.2) is 26.5 Å². The van der Waals surface area contributed by atoms with Gasteiger partial charge in [0.05, 0.1) is 6.54 Å². The number of hydrogen-bond donors (Lipinski definition) is 1. The number of carbonyl (C=O) groups excluding carboxylic acids is 1. The average Bonchev–Trinajstić information content (AvgIpc) is 2.89. The van der Waals surface area contributed by atoms with Crippen molar-refractivity contribution in [2.75, 3.05) is 4.90 Å². The number of aromatic nitrogens is 3. The molecular formula is C13H15ClN4O. The van der Waals surface area contributed by atoms with Crippen LogP contribution >= 0.6 is 11.6 Å². The lowest BCUT2D eigenvalue weighted by Crippen LogP contribution is -2.36. The molecular weight excluding hydrogens is 264 g/mol. The van der Waals surface area contributed by atoms with Gasteiger partial charge in [-0.15, -0.1) is 11.6 Å². The number of benzene rings is 1. The Bertz CT molecular complexity index is 554. The van der Waals surface area contributed by atoms with E-state index in [9.17, 15) is 4.79 Å². The standard InChI is InChI=1S/C13H15ClN4O/c1-9-5-3-4-6-11(9)18(13(19)10(2)14)7-12-15-8-16-17-12/h3-6,8,10H,7H2,1-2H3,(H,15,16,17). The molecule has 2 rings (SSSR count). The molecule has 2 aromatic rings. The van der Waals surface area contributed by atoms with Gasteiger partial charge in [0.1, 0.15) is 11.7 Å². The van der Waals surface area contributed by atoms with Gasteiger partial charge in [-0.3, -0.25) is 9.89 Å². The lowest BCUT2D eigenvalue weighted by molar-refractivity contribution is -0.118. The topological polar surface area (TPSA) is 61.9 Å². The van der Waals surface area contributed by atoms with Gasteiger partial charge in [-0.2, -0.15) is 5.10 Å². The lowest BCUT2D eigenvalue weighted by atomic mass is 10.1. The molecule has 0 bridgehead atoms. The summed E-state index contributed by atoms with van der Waals surface area (Å²) in [6, 6.07) is 7.66. The van der Waals surface area contributed by atoms with Crippen molar-refractivity contribution in [1.82, 2.24) is 15.2 Å². The summed E-state index contributed by atoms with van der Waals surface area (Å²) >= 11 is 5.93. The van der Waals surface area contributed by atoms with Crippen LogP contribution in [0.3, 0.4) is 0 Å². The molecule has 1 N–H and O–H groups in total. The second-order valence-corrected chi connectivity index (χ2v) is 4.90. The largest absolute Gasteiger partial charge is 0.303 e. The van der Waals surface area contributed by atoms with E-state index < -0.39 is 5.38 Å².